The van der Waals surface area contributed by atoms with Crippen LogP contribution in [0.15, 0.2) is 18.2 Å². The van der Waals surface area contributed by atoms with Gasteiger partial charge in [0.05, 0.1) is 17.5 Å². The highest BCUT2D eigenvalue weighted by Crippen LogP contribution is 2.20. The predicted molar refractivity (Wildman–Crippen MR) is 97.1 cm³/mol. The quantitative estimate of drug-likeness (QED) is 0.857. The van der Waals surface area contributed by atoms with Gasteiger partial charge in [0.25, 0.3) is 0 Å². The third-order valence-corrected chi connectivity index (χ3v) is 5.79. The van der Waals surface area contributed by atoms with Crippen LogP contribution in [0, 0.1) is 5.82 Å². The van der Waals surface area contributed by atoms with Crippen molar-refractivity contribution in [2.45, 2.75) is 19.0 Å². The van der Waals surface area contributed by atoms with Gasteiger partial charge in [-0.05, 0) is 17.7 Å². The summed E-state index contributed by atoms with van der Waals surface area (Å²) in [6.07, 6.45) is 0.159. The molecule has 5 nitrogen and oxygen atoms in total. The molecule has 0 aliphatic carbocycles. The summed E-state index contributed by atoms with van der Waals surface area (Å²) in [5.41, 5.74) is 0.739. The molecule has 25 heavy (non-hydrogen) atoms. The van der Waals surface area contributed by atoms with Crippen LogP contribution < -0.4 is 5.32 Å². The minimum atomic E-state index is -0.519. The zero-order valence-corrected chi connectivity index (χ0v) is 15.4. The van der Waals surface area contributed by atoms with Gasteiger partial charge in [-0.25, -0.2) is 4.39 Å². The van der Waals surface area contributed by atoms with Gasteiger partial charge in [-0.3, -0.25) is 14.5 Å². The molecular weight excluding hydrogens is 365 g/mol. The summed E-state index contributed by atoms with van der Waals surface area (Å²) in [6.45, 7) is 3.04. The van der Waals surface area contributed by atoms with Crippen molar-refractivity contribution in [2.24, 2.45) is 0 Å². The Balaban J connectivity index is 1.68. The topological polar surface area (TPSA) is 52.7 Å². The largest absolute Gasteiger partial charge is 0.353 e. The van der Waals surface area contributed by atoms with Gasteiger partial charge < -0.3 is 10.2 Å². The molecule has 1 aromatic carbocycles. The van der Waals surface area contributed by atoms with E-state index in [1.165, 1.54) is 12.1 Å². The second kappa shape index (κ2) is 8.38. The minimum absolute atomic E-state index is 0.00892. The molecule has 136 valence electrons. The molecule has 3 rings (SSSR count). The van der Waals surface area contributed by atoms with Gasteiger partial charge in [-0.1, -0.05) is 17.7 Å². The van der Waals surface area contributed by atoms with Crippen LogP contribution >= 0.6 is 23.4 Å². The average Bonchev–Trinajstić information content (AvgIpc) is 2.62. The van der Waals surface area contributed by atoms with Crippen LogP contribution in [0.5, 0.6) is 0 Å². The van der Waals surface area contributed by atoms with Crippen LogP contribution in [0.25, 0.3) is 0 Å². The maximum Gasteiger partial charge on any atom is 0.237 e. The number of benzene rings is 1. The predicted octanol–water partition coefficient (Wildman–Crippen LogP) is 1.74. The van der Waals surface area contributed by atoms with E-state index in [-0.39, 0.29) is 23.3 Å². The third-order valence-electron chi connectivity index (χ3n) is 4.54. The lowest BCUT2D eigenvalue weighted by molar-refractivity contribution is -0.138. The molecule has 2 aliphatic rings. The Hall–Kier alpha value is -1.31. The average molecular weight is 386 g/mol. The summed E-state index contributed by atoms with van der Waals surface area (Å²) in [7, 11) is 0. The molecule has 0 spiro atoms. The van der Waals surface area contributed by atoms with Crippen molar-refractivity contribution in [1.82, 2.24) is 15.1 Å². The second-order valence-corrected chi connectivity index (χ2v) is 7.85. The number of thioether (sulfide) groups is 1. The molecule has 0 bridgehead atoms. The molecule has 2 heterocycles. The lowest BCUT2D eigenvalue weighted by Crippen LogP contribution is -2.56. The molecule has 1 unspecified atom stereocenters. The number of amides is 2. The van der Waals surface area contributed by atoms with E-state index in [4.69, 9.17) is 11.6 Å². The van der Waals surface area contributed by atoms with Crippen molar-refractivity contribution >= 4 is 35.2 Å². The van der Waals surface area contributed by atoms with Gasteiger partial charge >= 0.3 is 0 Å². The maximum atomic E-state index is 13.7. The van der Waals surface area contributed by atoms with Gasteiger partial charge in [-0.15, -0.1) is 0 Å². The number of hydrogen-bond acceptors (Lipinski definition) is 4. The first-order chi connectivity index (χ1) is 12.0. The van der Waals surface area contributed by atoms with Crippen molar-refractivity contribution in [1.29, 1.82) is 0 Å². The van der Waals surface area contributed by atoms with Gasteiger partial charge in [0, 0.05) is 44.2 Å². The SMILES string of the molecule is O=C1NCCN(Cc2ccc(Cl)c(F)c2)C1CC(=O)N1CCSCC1. The molecular formula is C17H21ClFN3O2S. The molecule has 1 N–H and O–H groups in total. The van der Waals surface area contributed by atoms with Crippen LogP contribution in [-0.4, -0.2) is 65.3 Å². The van der Waals surface area contributed by atoms with Crippen LogP contribution in [0.2, 0.25) is 5.02 Å². The standard InChI is InChI=1S/C17H21ClFN3O2S/c18-13-2-1-12(9-14(13)19)11-22-4-3-20-17(24)15(22)10-16(23)21-5-7-25-8-6-21/h1-2,9,15H,3-8,10-11H2,(H,20,24). The molecule has 2 aliphatic heterocycles. The van der Waals surface area contributed by atoms with Crippen molar-refractivity contribution in [3.8, 4) is 0 Å². The summed E-state index contributed by atoms with van der Waals surface area (Å²) >= 11 is 7.56. The highest BCUT2D eigenvalue weighted by atomic mass is 35.5. The van der Waals surface area contributed by atoms with Crippen LogP contribution in [0.1, 0.15) is 12.0 Å². The Morgan fingerprint density at radius 1 is 1.32 bits per heavy atom. The van der Waals surface area contributed by atoms with Gasteiger partial charge in [-0.2, -0.15) is 11.8 Å². The first-order valence-electron chi connectivity index (χ1n) is 8.36. The van der Waals surface area contributed by atoms with E-state index in [2.05, 4.69) is 5.32 Å². The molecule has 0 aromatic heterocycles. The Labute approximate surface area is 155 Å². The van der Waals surface area contributed by atoms with Crippen molar-refractivity contribution in [2.75, 3.05) is 37.7 Å². The van der Waals surface area contributed by atoms with Crippen LogP contribution in [-0.2, 0) is 16.1 Å². The number of nitrogens with one attached hydrogen (secondary N) is 1. The minimum Gasteiger partial charge on any atom is -0.353 e. The summed E-state index contributed by atoms with van der Waals surface area (Å²) in [4.78, 5) is 28.6. The normalized spacial score (nSPS) is 21.9. The smallest absolute Gasteiger partial charge is 0.237 e. The Bertz CT molecular complexity index is 655. The van der Waals surface area contributed by atoms with Crippen molar-refractivity contribution in [3.05, 3.63) is 34.6 Å². The lowest BCUT2D eigenvalue weighted by Gasteiger charge is -2.36. The van der Waals surface area contributed by atoms with Crippen LogP contribution in [0.3, 0.4) is 0 Å². The Kier molecular flexibility index (Phi) is 6.19. The van der Waals surface area contributed by atoms with E-state index in [1.54, 1.807) is 6.07 Å². The molecule has 2 saturated heterocycles. The number of hydrogen-bond donors (Lipinski definition) is 1. The molecule has 8 heteroatoms. The fraction of sp³-hybridized carbons (Fsp3) is 0.529. The monoisotopic (exact) mass is 385 g/mol. The molecule has 1 aromatic rings. The van der Waals surface area contributed by atoms with E-state index in [1.807, 2.05) is 21.6 Å². The third kappa shape index (κ3) is 4.65. The van der Waals surface area contributed by atoms with E-state index in [9.17, 15) is 14.0 Å². The van der Waals surface area contributed by atoms with E-state index in [0.29, 0.717) is 19.6 Å². The highest BCUT2D eigenvalue weighted by molar-refractivity contribution is 7.99. The fourth-order valence-electron chi connectivity index (χ4n) is 3.15. The summed E-state index contributed by atoms with van der Waals surface area (Å²) in [5.74, 6) is 1.28. The highest BCUT2D eigenvalue weighted by Gasteiger charge is 2.33. The summed E-state index contributed by atoms with van der Waals surface area (Å²) < 4.78 is 13.7. The Morgan fingerprint density at radius 2 is 2.08 bits per heavy atom. The van der Waals surface area contributed by atoms with E-state index in [0.717, 1.165) is 30.2 Å². The first kappa shape index (κ1) is 18.5. The molecule has 2 fully saturated rings. The molecule has 1 atom stereocenters. The Morgan fingerprint density at radius 3 is 2.80 bits per heavy atom. The van der Waals surface area contributed by atoms with E-state index < -0.39 is 11.9 Å². The zero-order chi connectivity index (χ0) is 17.8. The number of carbonyl (C=O) groups is 2. The molecule has 2 amide bonds. The van der Waals surface area contributed by atoms with Crippen molar-refractivity contribution in [3.63, 3.8) is 0 Å². The first-order valence-corrected chi connectivity index (χ1v) is 9.89. The van der Waals surface area contributed by atoms with E-state index >= 15 is 0 Å². The maximum absolute atomic E-state index is 13.7. The summed E-state index contributed by atoms with van der Waals surface area (Å²) in [5, 5.41) is 2.90. The number of piperazine rings is 1. The lowest BCUT2D eigenvalue weighted by atomic mass is 10.1. The van der Waals surface area contributed by atoms with Crippen LogP contribution in [0.4, 0.5) is 4.39 Å². The van der Waals surface area contributed by atoms with Gasteiger partial charge in [0.15, 0.2) is 0 Å². The number of nitrogens with zero attached hydrogens (tertiary/aromatic N) is 2. The summed E-state index contributed by atoms with van der Waals surface area (Å²) in [6, 6.07) is 4.13. The second-order valence-electron chi connectivity index (χ2n) is 6.22. The van der Waals surface area contributed by atoms with Gasteiger partial charge in [0.2, 0.25) is 11.8 Å². The zero-order valence-electron chi connectivity index (χ0n) is 13.8. The number of carbonyl (C=O) groups excluding carboxylic acids is 2. The number of rotatable bonds is 4. The van der Waals surface area contributed by atoms with Gasteiger partial charge in [0.1, 0.15) is 5.82 Å². The fourth-order valence-corrected chi connectivity index (χ4v) is 4.17. The molecule has 0 saturated carbocycles. The molecule has 0 radical (unpaired) electrons. The number of halogens is 2. The van der Waals surface area contributed by atoms with Crippen molar-refractivity contribution < 1.29 is 14.0 Å².